The van der Waals surface area contributed by atoms with Crippen molar-refractivity contribution in [1.29, 1.82) is 0 Å². The number of imide groups is 1. The highest BCUT2D eigenvalue weighted by Crippen LogP contribution is 2.31. The van der Waals surface area contributed by atoms with Crippen LogP contribution in [0.3, 0.4) is 0 Å². The Hall–Kier alpha value is -2.61. The lowest BCUT2D eigenvalue weighted by Gasteiger charge is -2.29. The second-order valence-corrected chi connectivity index (χ2v) is 14.5. The van der Waals surface area contributed by atoms with Crippen LogP contribution in [-0.2, 0) is 14.4 Å². The first kappa shape index (κ1) is 38.6. The monoisotopic (exact) mass is 647 g/mol. The Labute approximate surface area is 276 Å². The van der Waals surface area contributed by atoms with Crippen molar-refractivity contribution in [2.24, 2.45) is 5.41 Å². The Kier molecular flexibility index (Phi) is 16.4. The molecule has 0 bridgehead atoms. The van der Waals surface area contributed by atoms with Crippen molar-refractivity contribution in [3.8, 4) is 5.75 Å². The first-order valence-electron chi connectivity index (χ1n) is 17.2. The molecule has 1 aliphatic rings. The molecule has 2 rings (SSSR count). The Bertz CT molecular complexity index is 1110. The van der Waals surface area contributed by atoms with Gasteiger partial charge >= 0.3 is 6.03 Å². The predicted molar refractivity (Wildman–Crippen MR) is 183 cm³/mol. The lowest BCUT2D eigenvalue weighted by atomic mass is 9.85. The number of carbonyl (C=O) groups excluding carboxylic acids is 4. The summed E-state index contributed by atoms with van der Waals surface area (Å²) in [6, 6.07) is 2.44. The van der Waals surface area contributed by atoms with E-state index in [0.29, 0.717) is 17.4 Å². The standard InChI is InChI=1S/C36H58ClN3O5/c1-7-8-9-10-11-12-13-14-15-16-17-18-19-20-21-22-25-45-29-24-23-27(37)26-28(29)38-32(42)30(31(41)35(2,3)4)40-33(43)36(5,6)39-34(40)44/h23-24,26,30H,7-22,25H2,1-6H3,(H,38,42)(H,39,44). The SMILES string of the molecule is CCCCCCCCCCCCCCCCCCOc1ccc(Cl)cc1NC(=O)C(C(=O)C(C)(C)C)N1C(=O)NC(C)(C)C1=O. The van der Waals surface area contributed by atoms with Gasteiger partial charge in [0.05, 0.1) is 12.3 Å². The number of anilines is 1. The number of nitrogens with zero attached hydrogens (tertiary/aromatic N) is 1. The number of rotatable bonds is 22. The van der Waals surface area contributed by atoms with Crippen molar-refractivity contribution < 1.29 is 23.9 Å². The van der Waals surface area contributed by atoms with Gasteiger partial charge in [-0.15, -0.1) is 0 Å². The van der Waals surface area contributed by atoms with Crippen molar-refractivity contribution in [2.75, 3.05) is 11.9 Å². The van der Waals surface area contributed by atoms with Gasteiger partial charge in [0, 0.05) is 10.4 Å². The lowest BCUT2D eigenvalue weighted by Crippen LogP contribution is -2.55. The summed E-state index contributed by atoms with van der Waals surface area (Å²) < 4.78 is 6.00. The minimum absolute atomic E-state index is 0.280. The van der Waals surface area contributed by atoms with Gasteiger partial charge in [0.2, 0.25) is 0 Å². The second kappa shape index (κ2) is 19.1. The molecule has 1 unspecified atom stereocenters. The van der Waals surface area contributed by atoms with Crippen molar-refractivity contribution in [2.45, 2.75) is 156 Å². The normalized spacial score (nSPS) is 15.2. The van der Waals surface area contributed by atoms with E-state index in [4.69, 9.17) is 16.3 Å². The highest BCUT2D eigenvalue weighted by atomic mass is 35.5. The molecule has 0 aliphatic carbocycles. The summed E-state index contributed by atoms with van der Waals surface area (Å²) in [4.78, 5) is 53.5. The molecule has 1 saturated heterocycles. The van der Waals surface area contributed by atoms with Crippen LogP contribution >= 0.6 is 11.6 Å². The Morgan fingerprint density at radius 2 is 1.36 bits per heavy atom. The minimum Gasteiger partial charge on any atom is -0.491 e. The average molecular weight is 648 g/mol. The summed E-state index contributed by atoms with van der Waals surface area (Å²) in [7, 11) is 0. The van der Waals surface area contributed by atoms with Gasteiger partial charge < -0.3 is 15.4 Å². The first-order valence-corrected chi connectivity index (χ1v) is 17.6. The van der Waals surface area contributed by atoms with Gasteiger partial charge in [-0.05, 0) is 38.5 Å². The third-order valence-corrected chi connectivity index (χ3v) is 8.58. The molecular weight excluding hydrogens is 590 g/mol. The summed E-state index contributed by atoms with van der Waals surface area (Å²) in [6.07, 6.45) is 20.6. The topological polar surface area (TPSA) is 105 Å². The van der Waals surface area contributed by atoms with E-state index in [-0.39, 0.29) is 5.69 Å². The molecule has 1 aromatic rings. The van der Waals surface area contributed by atoms with E-state index in [1.165, 1.54) is 103 Å². The number of unbranched alkanes of at least 4 members (excludes halogenated alkanes) is 15. The molecule has 4 amide bonds. The Balaban J connectivity index is 1.79. The molecular formula is C36H58ClN3O5. The number of Topliss-reactive ketones (excluding diaryl/α,β-unsaturated/α-hetero) is 1. The molecule has 1 atom stereocenters. The van der Waals surface area contributed by atoms with E-state index >= 15 is 0 Å². The number of hydrogen-bond donors (Lipinski definition) is 2. The van der Waals surface area contributed by atoms with Crippen LogP contribution in [0.15, 0.2) is 18.2 Å². The van der Waals surface area contributed by atoms with Gasteiger partial charge in [0.25, 0.3) is 11.8 Å². The van der Waals surface area contributed by atoms with Gasteiger partial charge in [-0.2, -0.15) is 0 Å². The van der Waals surface area contributed by atoms with E-state index in [0.717, 1.165) is 24.2 Å². The van der Waals surface area contributed by atoms with Crippen molar-refractivity contribution in [1.82, 2.24) is 10.2 Å². The van der Waals surface area contributed by atoms with Crippen LogP contribution in [0.2, 0.25) is 5.02 Å². The molecule has 0 aromatic heterocycles. The maximum Gasteiger partial charge on any atom is 0.326 e. The fourth-order valence-corrected chi connectivity index (χ4v) is 5.70. The van der Waals surface area contributed by atoms with E-state index in [9.17, 15) is 19.2 Å². The molecule has 2 N–H and O–H groups in total. The number of carbonyl (C=O) groups is 4. The quantitative estimate of drug-likeness (QED) is 0.0741. The van der Waals surface area contributed by atoms with Crippen molar-refractivity contribution >= 4 is 40.9 Å². The summed E-state index contributed by atoms with van der Waals surface area (Å²) in [5, 5.41) is 5.64. The van der Waals surface area contributed by atoms with Crippen LogP contribution in [-0.4, -0.2) is 46.7 Å². The molecule has 0 radical (unpaired) electrons. The zero-order valence-electron chi connectivity index (χ0n) is 28.7. The molecule has 0 saturated carbocycles. The van der Waals surface area contributed by atoms with Gasteiger partial charge in [0.1, 0.15) is 11.3 Å². The van der Waals surface area contributed by atoms with Gasteiger partial charge in [-0.25, -0.2) is 9.69 Å². The molecule has 1 aliphatic heterocycles. The summed E-state index contributed by atoms with van der Waals surface area (Å²) in [5.74, 6) is -1.59. The predicted octanol–water partition coefficient (Wildman–Crippen LogP) is 9.23. The third kappa shape index (κ3) is 13.0. The minimum atomic E-state index is -1.65. The maximum absolute atomic E-state index is 13.6. The second-order valence-electron chi connectivity index (χ2n) is 14.0. The molecule has 1 aromatic carbocycles. The number of nitrogens with one attached hydrogen (secondary N) is 2. The fourth-order valence-electron chi connectivity index (χ4n) is 5.53. The fraction of sp³-hybridized carbons (Fsp3) is 0.722. The van der Waals surface area contributed by atoms with Crippen LogP contribution in [0, 0.1) is 5.41 Å². The summed E-state index contributed by atoms with van der Waals surface area (Å²) in [6.45, 7) is 10.7. The van der Waals surface area contributed by atoms with Gasteiger partial charge in [-0.1, -0.05) is 136 Å². The van der Waals surface area contributed by atoms with Crippen LogP contribution < -0.4 is 15.4 Å². The molecule has 9 heteroatoms. The zero-order valence-corrected chi connectivity index (χ0v) is 29.5. The van der Waals surface area contributed by atoms with Crippen LogP contribution in [0.1, 0.15) is 144 Å². The Morgan fingerprint density at radius 3 is 1.80 bits per heavy atom. The Morgan fingerprint density at radius 1 is 0.867 bits per heavy atom. The maximum atomic E-state index is 13.6. The van der Waals surface area contributed by atoms with Gasteiger partial charge in [0.15, 0.2) is 11.8 Å². The average Bonchev–Trinajstić information content (AvgIpc) is 3.16. The number of ketones is 1. The van der Waals surface area contributed by atoms with E-state index in [1.807, 2.05) is 0 Å². The largest absolute Gasteiger partial charge is 0.491 e. The molecule has 1 fully saturated rings. The summed E-state index contributed by atoms with van der Waals surface area (Å²) in [5.41, 5.74) is -1.94. The molecule has 254 valence electrons. The number of hydrogen-bond acceptors (Lipinski definition) is 5. The third-order valence-electron chi connectivity index (χ3n) is 8.34. The summed E-state index contributed by atoms with van der Waals surface area (Å²) >= 11 is 6.23. The number of amides is 4. The van der Waals surface area contributed by atoms with Gasteiger partial charge in [-0.3, -0.25) is 14.4 Å². The number of halogens is 1. The van der Waals surface area contributed by atoms with E-state index in [2.05, 4.69) is 17.6 Å². The van der Waals surface area contributed by atoms with E-state index < -0.39 is 40.6 Å². The highest BCUT2D eigenvalue weighted by molar-refractivity contribution is 6.31. The molecule has 8 nitrogen and oxygen atoms in total. The number of benzene rings is 1. The number of ether oxygens (including phenoxy) is 1. The van der Waals surface area contributed by atoms with Crippen LogP contribution in [0.5, 0.6) is 5.75 Å². The van der Waals surface area contributed by atoms with Crippen molar-refractivity contribution in [3.63, 3.8) is 0 Å². The van der Waals surface area contributed by atoms with Crippen LogP contribution in [0.25, 0.3) is 0 Å². The highest BCUT2D eigenvalue weighted by Gasteiger charge is 2.53. The van der Waals surface area contributed by atoms with Crippen LogP contribution in [0.4, 0.5) is 10.5 Å². The molecule has 1 heterocycles. The lowest BCUT2D eigenvalue weighted by molar-refractivity contribution is -0.144. The van der Waals surface area contributed by atoms with Crippen molar-refractivity contribution in [3.05, 3.63) is 23.2 Å². The smallest absolute Gasteiger partial charge is 0.326 e. The molecule has 0 spiro atoms. The van der Waals surface area contributed by atoms with E-state index in [1.54, 1.807) is 32.9 Å². The zero-order chi connectivity index (χ0) is 33.5. The first-order chi connectivity index (χ1) is 21.3. The number of urea groups is 1. The molecule has 45 heavy (non-hydrogen) atoms.